The van der Waals surface area contributed by atoms with Crippen LogP contribution in [0.3, 0.4) is 0 Å². The quantitative estimate of drug-likeness (QED) is 0.796. The SMILES string of the molecule is COC1=C(c2ccccc2OCC(=O)O)C=CC(CN)(OC)C1. The average molecular weight is 319 g/mol. The van der Waals surface area contributed by atoms with Gasteiger partial charge in [0.2, 0.25) is 0 Å². The Balaban J connectivity index is 2.39. The first-order chi connectivity index (χ1) is 11.0. The van der Waals surface area contributed by atoms with Gasteiger partial charge in [-0.05, 0) is 6.07 Å². The number of methoxy groups -OCH3 is 2. The highest BCUT2D eigenvalue weighted by molar-refractivity contribution is 5.81. The third-order valence-corrected chi connectivity index (χ3v) is 3.84. The van der Waals surface area contributed by atoms with Gasteiger partial charge in [-0.3, -0.25) is 0 Å². The number of hydrogen-bond acceptors (Lipinski definition) is 5. The van der Waals surface area contributed by atoms with E-state index in [0.29, 0.717) is 24.5 Å². The van der Waals surface area contributed by atoms with E-state index in [1.165, 1.54) is 0 Å². The summed E-state index contributed by atoms with van der Waals surface area (Å²) in [7, 11) is 3.20. The zero-order valence-electron chi connectivity index (χ0n) is 13.2. The fraction of sp³-hybridized carbons (Fsp3) is 0.353. The molecular weight excluding hydrogens is 298 g/mol. The number of allylic oxidation sites excluding steroid dienone is 2. The number of hydrogen-bond donors (Lipinski definition) is 2. The van der Waals surface area contributed by atoms with E-state index in [1.54, 1.807) is 26.4 Å². The average Bonchev–Trinajstić information content (AvgIpc) is 2.59. The van der Waals surface area contributed by atoms with Crippen LogP contribution in [0.1, 0.15) is 12.0 Å². The number of carboxylic acids is 1. The molecule has 1 aliphatic carbocycles. The predicted octanol–water partition coefficient (Wildman–Crippen LogP) is 1.81. The fourth-order valence-electron chi connectivity index (χ4n) is 2.49. The van der Waals surface area contributed by atoms with Crippen molar-refractivity contribution in [3.63, 3.8) is 0 Å². The number of rotatable bonds is 7. The van der Waals surface area contributed by atoms with E-state index in [9.17, 15) is 4.79 Å². The molecule has 1 aromatic rings. The van der Waals surface area contributed by atoms with Crippen LogP contribution in [-0.2, 0) is 14.3 Å². The Labute approximate surface area is 135 Å². The number of nitrogens with two attached hydrogens (primary N) is 1. The Hall–Kier alpha value is -2.31. The van der Waals surface area contributed by atoms with Crippen molar-refractivity contribution >= 4 is 11.5 Å². The highest BCUT2D eigenvalue weighted by atomic mass is 16.5. The van der Waals surface area contributed by atoms with Crippen molar-refractivity contribution in [2.45, 2.75) is 12.0 Å². The lowest BCUT2D eigenvalue weighted by Crippen LogP contribution is -2.39. The Morgan fingerprint density at radius 3 is 2.70 bits per heavy atom. The molecule has 3 N–H and O–H groups in total. The summed E-state index contributed by atoms with van der Waals surface area (Å²) in [4.78, 5) is 10.7. The van der Waals surface area contributed by atoms with Gasteiger partial charge in [-0.1, -0.05) is 30.4 Å². The molecule has 1 atom stereocenters. The van der Waals surface area contributed by atoms with Crippen LogP contribution in [0.5, 0.6) is 5.75 Å². The molecule has 0 heterocycles. The van der Waals surface area contributed by atoms with E-state index in [-0.39, 0.29) is 0 Å². The third kappa shape index (κ3) is 3.72. The van der Waals surface area contributed by atoms with E-state index < -0.39 is 18.2 Å². The first kappa shape index (κ1) is 17.1. The smallest absolute Gasteiger partial charge is 0.341 e. The lowest BCUT2D eigenvalue weighted by molar-refractivity contribution is -0.139. The standard InChI is InChI=1S/C17H21NO5/c1-21-15-9-17(11-18,22-2)8-7-13(15)12-5-3-4-6-14(12)23-10-16(19)20/h3-8H,9-11,18H2,1-2H3,(H,19,20). The Morgan fingerprint density at radius 1 is 1.35 bits per heavy atom. The van der Waals surface area contributed by atoms with Gasteiger partial charge in [0.1, 0.15) is 17.1 Å². The summed E-state index contributed by atoms with van der Waals surface area (Å²) in [5.74, 6) is 0.175. The summed E-state index contributed by atoms with van der Waals surface area (Å²) in [5, 5.41) is 8.80. The maximum absolute atomic E-state index is 10.7. The fourth-order valence-corrected chi connectivity index (χ4v) is 2.49. The minimum Gasteiger partial charge on any atom is -0.500 e. The number of aliphatic carboxylic acids is 1. The van der Waals surface area contributed by atoms with Gasteiger partial charge in [0.05, 0.1) is 7.11 Å². The van der Waals surface area contributed by atoms with Gasteiger partial charge in [-0.15, -0.1) is 0 Å². The maximum Gasteiger partial charge on any atom is 0.341 e. The van der Waals surface area contributed by atoms with E-state index >= 15 is 0 Å². The number of benzene rings is 1. The molecule has 0 aliphatic heterocycles. The number of ether oxygens (including phenoxy) is 3. The van der Waals surface area contributed by atoms with Gasteiger partial charge in [0.25, 0.3) is 0 Å². The molecule has 6 nitrogen and oxygen atoms in total. The topological polar surface area (TPSA) is 91.0 Å². The summed E-state index contributed by atoms with van der Waals surface area (Å²) in [6, 6.07) is 7.24. The number of carbonyl (C=O) groups is 1. The van der Waals surface area contributed by atoms with E-state index in [4.69, 9.17) is 25.1 Å². The van der Waals surface area contributed by atoms with Crippen LogP contribution in [0.2, 0.25) is 0 Å². The van der Waals surface area contributed by atoms with Crippen molar-refractivity contribution < 1.29 is 24.1 Å². The van der Waals surface area contributed by atoms with Crippen LogP contribution < -0.4 is 10.5 Å². The second-order valence-corrected chi connectivity index (χ2v) is 5.20. The van der Waals surface area contributed by atoms with Crippen molar-refractivity contribution in [3.05, 3.63) is 47.7 Å². The molecule has 0 amide bonds. The van der Waals surface area contributed by atoms with Gasteiger partial charge in [0, 0.05) is 31.2 Å². The van der Waals surface area contributed by atoms with E-state index in [1.807, 2.05) is 24.3 Å². The molecule has 0 bridgehead atoms. The molecule has 1 unspecified atom stereocenters. The number of carboxylic acid groups (broad SMARTS) is 1. The summed E-state index contributed by atoms with van der Waals surface area (Å²) in [5.41, 5.74) is 6.82. The molecule has 0 fully saturated rings. The Bertz CT molecular complexity index is 632. The number of para-hydroxylation sites is 1. The van der Waals surface area contributed by atoms with Crippen molar-refractivity contribution in [2.75, 3.05) is 27.4 Å². The first-order valence-electron chi connectivity index (χ1n) is 7.21. The van der Waals surface area contributed by atoms with E-state index in [0.717, 1.165) is 11.1 Å². The van der Waals surface area contributed by atoms with E-state index in [2.05, 4.69) is 0 Å². The molecular formula is C17H21NO5. The molecule has 2 rings (SSSR count). The van der Waals surface area contributed by atoms with Gasteiger partial charge in [-0.25, -0.2) is 4.79 Å². The normalized spacial score (nSPS) is 20.5. The monoisotopic (exact) mass is 319 g/mol. The van der Waals surface area contributed by atoms with Crippen molar-refractivity contribution in [3.8, 4) is 5.75 Å². The second kappa shape index (κ2) is 7.30. The zero-order chi connectivity index (χ0) is 16.9. The molecule has 0 aromatic heterocycles. The summed E-state index contributed by atoms with van der Waals surface area (Å²) in [6.45, 7) is -0.0710. The predicted molar refractivity (Wildman–Crippen MR) is 86.1 cm³/mol. The van der Waals surface area contributed by atoms with Crippen LogP contribution in [0.25, 0.3) is 5.57 Å². The maximum atomic E-state index is 10.7. The highest BCUT2D eigenvalue weighted by Crippen LogP contribution is 2.37. The van der Waals surface area contributed by atoms with Crippen molar-refractivity contribution in [1.82, 2.24) is 0 Å². The van der Waals surface area contributed by atoms with Gasteiger partial charge in [-0.2, -0.15) is 0 Å². The second-order valence-electron chi connectivity index (χ2n) is 5.20. The zero-order valence-corrected chi connectivity index (χ0v) is 13.2. The molecule has 0 spiro atoms. The minimum absolute atomic E-state index is 0.331. The van der Waals surface area contributed by atoms with Crippen LogP contribution in [0.15, 0.2) is 42.2 Å². The molecule has 1 aliphatic rings. The third-order valence-electron chi connectivity index (χ3n) is 3.84. The molecule has 23 heavy (non-hydrogen) atoms. The molecule has 0 saturated carbocycles. The minimum atomic E-state index is -1.03. The summed E-state index contributed by atoms with van der Waals surface area (Å²) in [6.07, 6.45) is 4.27. The molecule has 1 aromatic carbocycles. The van der Waals surface area contributed by atoms with Gasteiger partial charge < -0.3 is 25.1 Å². The molecule has 0 radical (unpaired) electrons. The van der Waals surface area contributed by atoms with Crippen molar-refractivity contribution in [1.29, 1.82) is 0 Å². The molecule has 124 valence electrons. The van der Waals surface area contributed by atoms with Gasteiger partial charge >= 0.3 is 5.97 Å². The van der Waals surface area contributed by atoms with Crippen LogP contribution in [0.4, 0.5) is 0 Å². The van der Waals surface area contributed by atoms with Crippen LogP contribution in [-0.4, -0.2) is 44.0 Å². The lowest BCUT2D eigenvalue weighted by atomic mass is 9.87. The molecule has 0 saturated heterocycles. The summed E-state index contributed by atoms with van der Waals surface area (Å²) >= 11 is 0. The van der Waals surface area contributed by atoms with Crippen molar-refractivity contribution in [2.24, 2.45) is 5.73 Å². The lowest BCUT2D eigenvalue weighted by Gasteiger charge is -2.32. The first-order valence-corrected chi connectivity index (χ1v) is 7.21. The van der Waals surface area contributed by atoms with Crippen LogP contribution in [0, 0.1) is 0 Å². The largest absolute Gasteiger partial charge is 0.500 e. The highest BCUT2D eigenvalue weighted by Gasteiger charge is 2.32. The Kier molecular flexibility index (Phi) is 5.41. The van der Waals surface area contributed by atoms with Crippen LogP contribution >= 0.6 is 0 Å². The summed E-state index contributed by atoms with van der Waals surface area (Å²) < 4.78 is 16.4. The van der Waals surface area contributed by atoms with Gasteiger partial charge in [0.15, 0.2) is 6.61 Å². The Morgan fingerprint density at radius 2 is 2.09 bits per heavy atom. The molecule has 6 heteroatoms.